The molecule has 2 aromatic rings. The van der Waals surface area contributed by atoms with Gasteiger partial charge in [0.1, 0.15) is 6.61 Å². The van der Waals surface area contributed by atoms with Crippen LogP contribution in [0.1, 0.15) is 24.8 Å². The number of nitrogens with zero attached hydrogens (tertiary/aromatic N) is 4. The molecule has 31 heavy (non-hydrogen) atoms. The molecule has 1 aromatic heterocycles. The molecule has 0 N–H and O–H groups in total. The number of aromatic nitrogens is 2. The molecule has 1 saturated heterocycles. The van der Waals surface area contributed by atoms with E-state index in [1.807, 2.05) is 6.07 Å². The van der Waals surface area contributed by atoms with Crippen LogP contribution < -0.4 is 5.56 Å². The molecule has 0 spiro atoms. The van der Waals surface area contributed by atoms with Crippen LogP contribution in [0.2, 0.25) is 0 Å². The summed E-state index contributed by atoms with van der Waals surface area (Å²) in [6.07, 6.45) is 3.44. The molecule has 0 saturated carbocycles. The summed E-state index contributed by atoms with van der Waals surface area (Å²) in [5, 5.41) is 9.34. The van der Waals surface area contributed by atoms with Crippen molar-refractivity contribution in [2.24, 2.45) is 0 Å². The number of amides is 1. The van der Waals surface area contributed by atoms with Crippen molar-refractivity contribution in [3.63, 3.8) is 0 Å². The average Bonchev–Trinajstić information content (AvgIpc) is 2.79. The second-order valence-corrected chi connectivity index (χ2v) is 7.31. The summed E-state index contributed by atoms with van der Waals surface area (Å²) in [6.45, 7) is 3.88. The minimum atomic E-state index is -0.520. The van der Waals surface area contributed by atoms with Gasteiger partial charge in [0, 0.05) is 20.1 Å². The molecule has 9 nitrogen and oxygen atoms in total. The van der Waals surface area contributed by atoms with Crippen molar-refractivity contribution < 1.29 is 19.1 Å². The smallest absolute Gasteiger partial charge is 0.410 e. The summed E-state index contributed by atoms with van der Waals surface area (Å²) in [4.78, 5) is 43.8. The fourth-order valence-corrected chi connectivity index (χ4v) is 3.81. The maximum Gasteiger partial charge on any atom is 0.410 e. The lowest BCUT2D eigenvalue weighted by molar-refractivity contribution is -0.122. The molecule has 1 fully saturated rings. The molecule has 162 valence electrons. The predicted molar refractivity (Wildman–Crippen MR) is 112 cm³/mol. The number of methoxy groups -OCH3 is 1. The Morgan fingerprint density at radius 3 is 2.94 bits per heavy atom. The number of fused-ring (bicyclic) bond motifs is 1. The number of ether oxygens (including phenoxy) is 2. The molecule has 2 unspecified atom stereocenters. The molecule has 1 aromatic carbocycles. The predicted octanol–water partition coefficient (Wildman–Crippen LogP) is 2.03. The van der Waals surface area contributed by atoms with Crippen molar-refractivity contribution in [1.29, 1.82) is 5.26 Å². The number of likely N-dealkylation sites (tertiary alicyclic amines) is 1. The Kier molecular flexibility index (Phi) is 7.15. The third-order valence-corrected chi connectivity index (χ3v) is 5.32. The molecule has 9 heteroatoms. The second-order valence-electron chi connectivity index (χ2n) is 7.31. The first kappa shape index (κ1) is 22.2. The highest BCUT2D eigenvalue weighted by atomic mass is 16.6. The van der Waals surface area contributed by atoms with Gasteiger partial charge in [-0.1, -0.05) is 12.7 Å². The SMILES string of the molecule is C=CCOC(=O)N1CCCC(OC)C1CC(=O)Cn1cnc2ccc(C#N)cc2c1=O. The fourth-order valence-electron chi connectivity index (χ4n) is 3.81. The zero-order valence-electron chi connectivity index (χ0n) is 17.3. The topological polar surface area (TPSA) is 115 Å². The van der Waals surface area contributed by atoms with E-state index in [0.29, 0.717) is 24.0 Å². The van der Waals surface area contributed by atoms with E-state index in [1.54, 1.807) is 19.2 Å². The summed E-state index contributed by atoms with van der Waals surface area (Å²) < 4.78 is 11.9. The van der Waals surface area contributed by atoms with Crippen LogP contribution in [0.5, 0.6) is 0 Å². The number of piperidine rings is 1. The van der Waals surface area contributed by atoms with E-state index in [9.17, 15) is 14.4 Å². The average molecular weight is 424 g/mol. The molecule has 1 aliphatic heterocycles. The maximum atomic E-state index is 12.8. The highest BCUT2D eigenvalue weighted by molar-refractivity contribution is 5.81. The zero-order chi connectivity index (χ0) is 22.4. The van der Waals surface area contributed by atoms with Gasteiger partial charge in [0.05, 0.1) is 47.6 Å². The first-order valence-electron chi connectivity index (χ1n) is 9.96. The molecule has 2 atom stereocenters. The van der Waals surface area contributed by atoms with E-state index in [2.05, 4.69) is 11.6 Å². The number of Topliss-reactive ketones (excluding diaryl/α,β-unsaturated/α-hetero) is 1. The first-order valence-corrected chi connectivity index (χ1v) is 9.96. The van der Waals surface area contributed by atoms with Crippen molar-refractivity contribution in [2.45, 2.75) is 38.0 Å². The molecule has 0 aliphatic carbocycles. The Hall–Kier alpha value is -3.51. The van der Waals surface area contributed by atoms with E-state index in [-0.39, 0.29) is 36.8 Å². The summed E-state index contributed by atoms with van der Waals surface area (Å²) in [6, 6.07) is 6.14. The Bertz CT molecular complexity index is 1090. The van der Waals surface area contributed by atoms with Crippen LogP contribution >= 0.6 is 0 Å². The van der Waals surface area contributed by atoms with Gasteiger partial charge >= 0.3 is 6.09 Å². The van der Waals surface area contributed by atoms with Crippen LogP contribution in [0.25, 0.3) is 10.9 Å². The van der Waals surface area contributed by atoms with Gasteiger partial charge < -0.3 is 14.4 Å². The lowest BCUT2D eigenvalue weighted by Crippen LogP contribution is -2.53. The van der Waals surface area contributed by atoms with Gasteiger partial charge in [-0.05, 0) is 31.0 Å². The van der Waals surface area contributed by atoms with Gasteiger partial charge in [-0.25, -0.2) is 9.78 Å². The number of hydrogen-bond donors (Lipinski definition) is 0. The van der Waals surface area contributed by atoms with E-state index >= 15 is 0 Å². The van der Waals surface area contributed by atoms with Crippen molar-refractivity contribution in [3.05, 3.63) is 53.1 Å². The molecular weight excluding hydrogens is 400 g/mol. The minimum Gasteiger partial charge on any atom is -0.445 e. The Labute approximate surface area is 179 Å². The second kappa shape index (κ2) is 10.00. The van der Waals surface area contributed by atoms with Gasteiger partial charge in [0.15, 0.2) is 5.78 Å². The minimum absolute atomic E-state index is 0.0183. The summed E-state index contributed by atoms with van der Waals surface area (Å²) >= 11 is 0. The standard InChI is InChI=1S/C22H24N4O5/c1-3-9-31-22(29)26-8-4-5-20(30-2)19(26)11-16(27)13-25-14-24-18-7-6-15(12-23)10-17(18)21(25)28/h3,6-7,10,14,19-20H,1,4-5,8-9,11,13H2,2H3. The van der Waals surface area contributed by atoms with Crippen LogP contribution in [-0.4, -0.2) is 58.7 Å². The molecule has 1 aliphatic rings. The Morgan fingerprint density at radius 2 is 2.23 bits per heavy atom. The summed E-state index contributed by atoms with van der Waals surface area (Å²) in [5.41, 5.74) is 0.398. The highest BCUT2D eigenvalue weighted by Crippen LogP contribution is 2.24. The highest BCUT2D eigenvalue weighted by Gasteiger charge is 2.36. The molecular formula is C22H24N4O5. The van der Waals surface area contributed by atoms with Crippen LogP contribution in [0.4, 0.5) is 4.79 Å². The van der Waals surface area contributed by atoms with Crippen LogP contribution in [-0.2, 0) is 20.8 Å². The third-order valence-electron chi connectivity index (χ3n) is 5.32. The number of carbonyl (C=O) groups excluding carboxylic acids is 2. The molecule has 0 bridgehead atoms. The third kappa shape index (κ3) is 4.98. The fraction of sp³-hybridized carbons (Fsp3) is 0.409. The maximum absolute atomic E-state index is 12.8. The van der Waals surface area contributed by atoms with E-state index in [1.165, 1.54) is 27.9 Å². The summed E-state index contributed by atoms with van der Waals surface area (Å²) in [7, 11) is 1.55. The van der Waals surface area contributed by atoms with Crippen molar-refractivity contribution >= 4 is 22.8 Å². The zero-order valence-corrected chi connectivity index (χ0v) is 17.3. The summed E-state index contributed by atoms with van der Waals surface area (Å²) in [5.74, 6) is -0.241. The monoisotopic (exact) mass is 424 g/mol. The number of carbonyl (C=O) groups is 2. The number of rotatable bonds is 7. The lowest BCUT2D eigenvalue weighted by atomic mass is 9.94. The van der Waals surface area contributed by atoms with Gasteiger partial charge in [-0.15, -0.1) is 0 Å². The quantitative estimate of drug-likeness (QED) is 0.625. The Morgan fingerprint density at radius 1 is 1.42 bits per heavy atom. The molecule has 3 rings (SSSR count). The van der Waals surface area contributed by atoms with Crippen LogP contribution in [0, 0.1) is 11.3 Å². The van der Waals surface area contributed by atoms with E-state index < -0.39 is 17.7 Å². The van der Waals surface area contributed by atoms with Crippen LogP contribution in [0.15, 0.2) is 42.0 Å². The van der Waals surface area contributed by atoms with Gasteiger partial charge in [0.25, 0.3) is 5.56 Å². The largest absolute Gasteiger partial charge is 0.445 e. The van der Waals surface area contributed by atoms with Crippen molar-refractivity contribution in [1.82, 2.24) is 14.5 Å². The molecule has 1 amide bonds. The van der Waals surface area contributed by atoms with E-state index in [0.717, 1.165) is 6.42 Å². The van der Waals surface area contributed by atoms with E-state index in [4.69, 9.17) is 14.7 Å². The Balaban J connectivity index is 1.79. The first-order chi connectivity index (χ1) is 15.0. The number of hydrogen-bond acceptors (Lipinski definition) is 7. The normalized spacial score (nSPS) is 18.4. The lowest BCUT2D eigenvalue weighted by Gasteiger charge is -2.39. The number of benzene rings is 1. The molecule has 2 heterocycles. The van der Waals surface area contributed by atoms with Gasteiger partial charge in [0.2, 0.25) is 0 Å². The van der Waals surface area contributed by atoms with Gasteiger partial charge in [-0.2, -0.15) is 5.26 Å². The van der Waals surface area contributed by atoms with Gasteiger partial charge in [-0.3, -0.25) is 14.2 Å². The molecule has 0 radical (unpaired) electrons. The number of ketones is 1. The van der Waals surface area contributed by atoms with Crippen molar-refractivity contribution in [3.8, 4) is 6.07 Å². The van der Waals surface area contributed by atoms with Crippen molar-refractivity contribution in [2.75, 3.05) is 20.3 Å². The number of nitriles is 1. The van der Waals surface area contributed by atoms with Crippen LogP contribution in [0.3, 0.4) is 0 Å².